The van der Waals surface area contributed by atoms with Crippen LogP contribution in [-0.4, -0.2) is 85.2 Å². The maximum atomic E-state index is 14.2. The monoisotopic (exact) mass is 963 g/mol. The number of carboxylic acid groups (broad SMARTS) is 1. The summed E-state index contributed by atoms with van der Waals surface area (Å²) in [5, 5.41) is 20.1. The number of carbonyl (C=O) groups excluding carboxylic acids is 5. The first-order valence-electron chi connectivity index (χ1n) is 23.6. The van der Waals surface area contributed by atoms with Gasteiger partial charge >= 0.3 is 5.97 Å². The number of aliphatic carboxylic acids is 1. The van der Waals surface area contributed by atoms with Gasteiger partial charge in [0.15, 0.2) is 11.5 Å². The minimum absolute atomic E-state index is 0.00364. The third-order valence-electron chi connectivity index (χ3n) is 12.7. The van der Waals surface area contributed by atoms with Crippen LogP contribution in [0, 0.1) is 0 Å². The second kappa shape index (κ2) is 21.6. The van der Waals surface area contributed by atoms with Gasteiger partial charge in [-0.15, -0.1) is 0 Å². The second-order valence-electron chi connectivity index (χ2n) is 17.9. The second-order valence-corrected chi connectivity index (χ2v) is 17.9. The van der Waals surface area contributed by atoms with E-state index in [-0.39, 0.29) is 50.0 Å². The van der Waals surface area contributed by atoms with Crippen LogP contribution in [0.5, 0.6) is 17.2 Å². The molecule has 5 N–H and O–H groups in total. The van der Waals surface area contributed by atoms with Gasteiger partial charge in [0, 0.05) is 67.8 Å². The molecule has 8 rings (SSSR count). The summed E-state index contributed by atoms with van der Waals surface area (Å²) in [6.07, 6.45) is 3.90. The molecule has 0 fully saturated rings. The average molecular weight is 964 g/mol. The summed E-state index contributed by atoms with van der Waals surface area (Å²) in [6.45, 7) is 5.06. The van der Waals surface area contributed by atoms with Crippen LogP contribution in [0.15, 0.2) is 102 Å². The zero-order valence-electron chi connectivity index (χ0n) is 40.2. The van der Waals surface area contributed by atoms with Gasteiger partial charge in [0.2, 0.25) is 17.7 Å². The van der Waals surface area contributed by atoms with Crippen molar-refractivity contribution in [1.82, 2.24) is 10.6 Å². The number of para-hydroxylation sites is 2. The number of aliphatic imine (C=N–C) groups is 1. The number of fused-ring (bicyclic) bond motifs is 5. The first kappa shape index (κ1) is 49.2. The number of methoxy groups -OCH3 is 1. The molecule has 5 aromatic rings. The number of carboxylic acids is 1. The molecule has 4 atom stereocenters. The molecular weight excluding hydrogens is 907 g/mol. The van der Waals surface area contributed by atoms with Crippen LogP contribution in [-0.2, 0) is 45.2 Å². The number of hydrogen-bond acceptors (Lipinski definition) is 11. The van der Waals surface area contributed by atoms with E-state index >= 15 is 0 Å². The van der Waals surface area contributed by atoms with Crippen LogP contribution in [0.25, 0.3) is 0 Å². The zero-order valence-corrected chi connectivity index (χ0v) is 40.2. The molecule has 3 heterocycles. The molecule has 0 radical (unpaired) electrons. The highest BCUT2D eigenvalue weighted by atomic mass is 16.5. The highest BCUT2D eigenvalue weighted by Crippen LogP contribution is 2.40. The van der Waals surface area contributed by atoms with Gasteiger partial charge in [-0.25, -0.2) is 0 Å². The quantitative estimate of drug-likeness (QED) is 0.0515. The molecule has 17 nitrogen and oxygen atoms in total. The number of benzene rings is 5. The number of anilines is 4. The molecule has 17 heteroatoms. The molecule has 3 aliphatic heterocycles. The van der Waals surface area contributed by atoms with E-state index in [0.717, 1.165) is 28.9 Å². The number of nitrogens with zero attached hydrogens (tertiary/aromatic N) is 3. The smallest absolute Gasteiger partial charge is 0.303 e. The Kier molecular flexibility index (Phi) is 15.0. The Hall–Kier alpha value is -8.21. The summed E-state index contributed by atoms with van der Waals surface area (Å²) in [4.78, 5) is 86.2. The van der Waals surface area contributed by atoms with Crippen LogP contribution in [0.3, 0.4) is 0 Å². The van der Waals surface area contributed by atoms with Gasteiger partial charge in [-0.3, -0.25) is 38.7 Å². The lowest BCUT2D eigenvalue weighted by atomic mass is 10.1. The molecule has 0 saturated heterocycles. The molecule has 0 aromatic heterocycles. The average Bonchev–Trinajstić information content (AvgIpc) is 3.87. The number of hydrogen-bond donors (Lipinski definition) is 5. The number of ether oxygens (including phenoxy) is 3. The van der Waals surface area contributed by atoms with Crippen molar-refractivity contribution in [1.29, 1.82) is 0 Å². The van der Waals surface area contributed by atoms with Crippen molar-refractivity contribution >= 4 is 70.2 Å². The molecule has 368 valence electrons. The number of rotatable bonds is 19. The summed E-state index contributed by atoms with van der Waals surface area (Å²) in [7, 11) is 3.23. The summed E-state index contributed by atoms with van der Waals surface area (Å²) in [5.74, 6) is -1.64. The first-order valence-corrected chi connectivity index (χ1v) is 23.6. The van der Waals surface area contributed by atoms with E-state index in [1.54, 1.807) is 65.5 Å². The molecule has 5 aromatic carbocycles. The Morgan fingerprint density at radius 1 is 0.775 bits per heavy atom. The Bertz CT molecular complexity index is 2920. The SMILES string of the molecule is CNc1cc(OCc2cc(COc3ccc4c(c3)N=C[C@@H]3Cc5ccccc5N3C4=O)cc(NC(=O)[C@H](C)NC(=O)[C@H](C)NC(=O)CCCCC(=O)O)c2)c(OC)cc1C(=O)N1c2ccccc2C[C@H]1C. The van der Waals surface area contributed by atoms with Crippen molar-refractivity contribution in [2.75, 3.05) is 34.6 Å². The van der Waals surface area contributed by atoms with Crippen molar-refractivity contribution in [3.8, 4) is 17.2 Å². The number of carbonyl (C=O) groups is 6. The van der Waals surface area contributed by atoms with Gasteiger partial charge < -0.3 is 45.5 Å². The van der Waals surface area contributed by atoms with E-state index in [1.807, 2.05) is 61.5 Å². The van der Waals surface area contributed by atoms with Crippen molar-refractivity contribution < 1.29 is 48.1 Å². The third-order valence-corrected chi connectivity index (χ3v) is 12.7. The fourth-order valence-corrected chi connectivity index (χ4v) is 9.12. The van der Waals surface area contributed by atoms with Crippen molar-refractivity contribution in [2.45, 2.75) is 96.7 Å². The van der Waals surface area contributed by atoms with Gasteiger partial charge in [-0.05, 0) is 111 Å². The number of nitrogens with one attached hydrogen (secondary N) is 4. The topological polar surface area (TPSA) is 217 Å². The number of unbranched alkanes of at least 4 members (excludes halogenated alkanes) is 1. The summed E-state index contributed by atoms with van der Waals surface area (Å²) in [5.41, 5.74) is 7.47. The van der Waals surface area contributed by atoms with Crippen LogP contribution in [0.1, 0.15) is 89.4 Å². The third kappa shape index (κ3) is 11.1. The minimum Gasteiger partial charge on any atom is -0.493 e. The highest BCUT2D eigenvalue weighted by molar-refractivity contribution is 6.14. The molecule has 0 spiro atoms. The van der Waals surface area contributed by atoms with Crippen LogP contribution in [0.2, 0.25) is 0 Å². The lowest BCUT2D eigenvalue weighted by Crippen LogP contribution is -2.50. The maximum absolute atomic E-state index is 14.2. The van der Waals surface area contributed by atoms with Gasteiger partial charge in [0.25, 0.3) is 11.8 Å². The summed E-state index contributed by atoms with van der Waals surface area (Å²) in [6, 6.07) is 27.4. The van der Waals surface area contributed by atoms with E-state index in [4.69, 9.17) is 24.3 Å². The predicted molar refractivity (Wildman–Crippen MR) is 269 cm³/mol. The molecule has 0 aliphatic carbocycles. The fourth-order valence-electron chi connectivity index (χ4n) is 9.12. The standard InChI is InChI=1S/C54H57N7O10/c1-31-20-36-12-6-8-14-45(36)60(31)54(68)42-26-47(69-5)48(27-43(42)55-4)71-30-35-21-34(22-38(23-35)59-52(66)33(3)58-51(65)32(2)57-49(62)16-10-11-17-50(63)64)29-70-40-18-19-41-44(25-40)56-28-39-24-37-13-7-9-15-46(37)61(39)53(41)67/h6-9,12-15,18-19,21-23,25-28,31-33,39,55H,10-11,16-17,20,24,29-30H2,1-5H3,(H,57,62)(H,58,65)(H,59,66)(H,63,64)/t31-,32+,33+,39+/m1/s1. The van der Waals surface area contributed by atoms with E-state index in [2.05, 4.69) is 21.3 Å². The molecule has 0 bridgehead atoms. The normalized spacial score (nSPS) is 16.0. The molecule has 71 heavy (non-hydrogen) atoms. The lowest BCUT2D eigenvalue weighted by molar-refractivity contribution is -0.137. The summed E-state index contributed by atoms with van der Waals surface area (Å²) < 4.78 is 18.5. The first-order chi connectivity index (χ1) is 34.2. The van der Waals surface area contributed by atoms with Gasteiger partial charge in [-0.2, -0.15) is 0 Å². The molecule has 5 amide bonds. The molecule has 0 unspecified atom stereocenters. The molecule has 3 aliphatic rings. The lowest BCUT2D eigenvalue weighted by Gasteiger charge is -2.25. The highest BCUT2D eigenvalue weighted by Gasteiger charge is 2.36. The Balaban J connectivity index is 0.995. The Morgan fingerprint density at radius 3 is 2.17 bits per heavy atom. The Labute approximate surface area is 411 Å². The van der Waals surface area contributed by atoms with E-state index in [9.17, 15) is 28.8 Å². The van der Waals surface area contributed by atoms with E-state index in [0.29, 0.717) is 75.8 Å². The predicted octanol–water partition coefficient (Wildman–Crippen LogP) is 7.37. The van der Waals surface area contributed by atoms with Crippen molar-refractivity contribution in [2.24, 2.45) is 4.99 Å². The van der Waals surface area contributed by atoms with Crippen molar-refractivity contribution in [3.05, 3.63) is 130 Å². The van der Waals surface area contributed by atoms with E-state index in [1.165, 1.54) is 21.0 Å². The van der Waals surface area contributed by atoms with Crippen LogP contribution >= 0.6 is 0 Å². The summed E-state index contributed by atoms with van der Waals surface area (Å²) >= 11 is 0. The fraction of sp³-hybridized carbons (Fsp3) is 0.315. The van der Waals surface area contributed by atoms with Gasteiger partial charge in [-0.1, -0.05) is 36.4 Å². The van der Waals surface area contributed by atoms with E-state index < -0.39 is 35.8 Å². The molecule has 0 saturated carbocycles. The number of amides is 5. The van der Waals surface area contributed by atoms with Gasteiger partial charge in [0.05, 0.1) is 35.7 Å². The minimum atomic E-state index is -1.02. The van der Waals surface area contributed by atoms with Crippen LogP contribution < -0.4 is 45.3 Å². The zero-order chi connectivity index (χ0) is 50.3. The maximum Gasteiger partial charge on any atom is 0.303 e. The van der Waals surface area contributed by atoms with Crippen LogP contribution in [0.4, 0.5) is 28.4 Å². The largest absolute Gasteiger partial charge is 0.493 e. The van der Waals surface area contributed by atoms with Crippen molar-refractivity contribution in [3.63, 3.8) is 0 Å². The Morgan fingerprint density at radius 2 is 1.45 bits per heavy atom. The van der Waals surface area contributed by atoms with Gasteiger partial charge in [0.1, 0.15) is 31.0 Å². The molecular formula is C54H57N7O10.